The van der Waals surface area contributed by atoms with Crippen LogP contribution in [0.15, 0.2) is 24.5 Å². The molecule has 1 aliphatic carbocycles. The van der Waals surface area contributed by atoms with Gasteiger partial charge in [0.25, 0.3) is 0 Å². The van der Waals surface area contributed by atoms with E-state index in [1.54, 1.807) is 6.33 Å². The zero-order valence-corrected chi connectivity index (χ0v) is 9.32. The summed E-state index contributed by atoms with van der Waals surface area (Å²) in [6, 6.07) is 6.50. The number of hydrogen-bond acceptors (Lipinski definition) is 2. The maximum atomic E-state index is 6.33. The lowest BCUT2D eigenvalue weighted by Crippen LogP contribution is -2.18. The van der Waals surface area contributed by atoms with E-state index < -0.39 is 0 Å². The third-order valence-corrected chi connectivity index (χ3v) is 3.74. The predicted molar refractivity (Wildman–Crippen MR) is 65.0 cm³/mol. The van der Waals surface area contributed by atoms with E-state index in [2.05, 4.69) is 28.2 Å². The molecule has 1 aromatic heterocycles. The van der Waals surface area contributed by atoms with Gasteiger partial charge >= 0.3 is 0 Å². The van der Waals surface area contributed by atoms with E-state index in [-0.39, 0.29) is 6.04 Å². The molecule has 3 N–H and O–H groups in total. The van der Waals surface area contributed by atoms with Crippen LogP contribution in [0.25, 0.3) is 11.0 Å². The van der Waals surface area contributed by atoms with E-state index >= 15 is 0 Å². The number of aromatic amines is 1. The summed E-state index contributed by atoms with van der Waals surface area (Å²) in [6.45, 7) is 0. The monoisotopic (exact) mass is 215 g/mol. The smallest absolute Gasteiger partial charge is 0.0931 e. The van der Waals surface area contributed by atoms with Crippen LogP contribution >= 0.6 is 0 Å². The molecule has 16 heavy (non-hydrogen) atoms. The number of hydrogen-bond donors (Lipinski definition) is 2. The standard InChI is InChI=1S/C13H17N3/c14-13(9-3-1-2-4-9)10-5-6-11-12(7-10)16-8-15-11/h5-9,13H,1-4,14H2,(H,15,16). The SMILES string of the molecule is NC(c1ccc2nc[nH]c2c1)C1CCCC1. The fourth-order valence-corrected chi connectivity index (χ4v) is 2.75. The van der Waals surface area contributed by atoms with Crippen LogP contribution in [0, 0.1) is 5.92 Å². The van der Waals surface area contributed by atoms with E-state index in [4.69, 9.17) is 5.73 Å². The lowest BCUT2D eigenvalue weighted by atomic mass is 9.92. The highest BCUT2D eigenvalue weighted by molar-refractivity contribution is 5.75. The molecule has 1 saturated carbocycles. The molecular weight excluding hydrogens is 198 g/mol. The summed E-state index contributed by atoms with van der Waals surface area (Å²) < 4.78 is 0. The van der Waals surface area contributed by atoms with Gasteiger partial charge < -0.3 is 10.7 Å². The molecule has 0 spiro atoms. The Balaban J connectivity index is 1.91. The van der Waals surface area contributed by atoms with E-state index in [9.17, 15) is 0 Å². The van der Waals surface area contributed by atoms with Crippen LogP contribution in [0.1, 0.15) is 37.3 Å². The second kappa shape index (κ2) is 3.91. The third-order valence-electron chi connectivity index (χ3n) is 3.74. The first-order chi connectivity index (χ1) is 7.84. The number of nitrogens with one attached hydrogen (secondary N) is 1. The Bertz CT molecular complexity index is 483. The lowest BCUT2D eigenvalue weighted by Gasteiger charge is -2.19. The molecule has 1 aromatic carbocycles. The molecule has 84 valence electrons. The molecule has 2 aromatic rings. The van der Waals surface area contributed by atoms with Crippen LogP contribution in [-0.2, 0) is 0 Å². The molecule has 3 rings (SSSR count). The number of imidazole rings is 1. The molecule has 0 aliphatic heterocycles. The highest BCUT2D eigenvalue weighted by atomic mass is 14.9. The molecule has 1 fully saturated rings. The average Bonchev–Trinajstić information content (AvgIpc) is 2.98. The number of H-pyrrole nitrogens is 1. The summed E-state index contributed by atoms with van der Waals surface area (Å²) >= 11 is 0. The van der Waals surface area contributed by atoms with Gasteiger partial charge in [-0.2, -0.15) is 0 Å². The van der Waals surface area contributed by atoms with Crippen LogP contribution in [0.2, 0.25) is 0 Å². The summed E-state index contributed by atoms with van der Waals surface area (Å²) in [5.41, 5.74) is 9.67. The summed E-state index contributed by atoms with van der Waals surface area (Å²) in [5, 5.41) is 0. The Morgan fingerprint density at radius 3 is 2.94 bits per heavy atom. The Morgan fingerprint density at radius 2 is 2.12 bits per heavy atom. The zero-order valence-electron chi connectivity index (χ0n) is 9.32. The molecule has 0 bridgehead atoms. The van der Waals surface area contributed by atoms with E-state index in [0.717, 1.165) is 11.0 Å². The average molecular weight is 215 g/mol. The van der Waals surface area contributed by atoms with Crippen molar-refractivity contribution >= 4 is 11.0 Å². The van der Waals surface area contributed by atoms with Gasteiger partial charge in [0.05, 0.1) is 17.4 Å². The normalized spacial score (nSPS) is 19.3. The number of rotatable bonds is 2. The third kappa shape index (κ3) is 1.61. The van der Waals surface area contributed by atoms with Gasteiger partial charge in [-0.3, -0.25) is 0 Å². The molecule has 1 atom stereocenters. The highest BCUT2D eigenvalue weighted by Crippen LogP contribution is 2.34. The molecule has 0 saturated heterocycles. The number of nitrogens with two attached hydrogens (primary N) is 1. The zero-order chi connectivity index (χ0) is 11.0. The van der Waals surface area contributed by atoms with Gasteiger partial charge in [-0.05, 0) is 36.5 Å². The number of benzene rings is 1. The minimum absolute atomic E-state index is 0.190. The molecule has 3 heteroatoms. The number of nitrogens with zero attached hydrogens (tertiary/aromatic N) is 1. The second-order valence-electron chi connectivity index (χ2n) is 4.75. The molecule has 1 aliphatic rings. The summed E-state index contributed by atoms with van der Waals surface area (Å²) in [7, 11) is 0. The van der Waals surface area contributed by atoms with Gasteiger partial charge in [0, 0.05) is 6.04 Å². The van der Waals surface area contributed by atoms with Crippen molar-refractivity contribution in [3.8, 4) is 0 Å². The molecular formula is C13H17N3. The molecule has 1 heterocycles. The van der Waals surface area contributed by atoms with Crippen molar-refractivity contribution in [3.05, 3.63) is 30.1 Å². The first-order valence-corrected chi connectivity index (χ1v) is 6.03. The number of aromatic nitrogens is 2. The van der Waals surface area contributed by atoms with E-state index in [1.807, 2.05) is 0 Å². The molecule has 3 nitrogen and oxygen atoms in total. The van der Waals surface area contributed by atoms with Crippen molar-refractivity contribution in [2.75, 3.05) is 0 Å². The van der Waals surface area contributed by atoms with Gasteiger partial charge in [0.2, 0.25) is 0 Å². The minimum Gasteiger partial charge on any atom is -0.345 e. The topological polar surface area (TPSA) is 54.7 Å². The van der Waals surface area contributed by atoms with E-state index in [1.165, 1.54) is 31.2 Å². The maximum absolute atomic E-state index is 6.33. The van der Waals surface area contributed by atoms with Gasteiger partial charge in [0.15, 0.2) is 0 Å². The lowest BCUT2D eigenvalue weighted by molar-refractivity contribution is 0.445. The molecule has 0 amide bonds. The maximum Gasteiger partial charge on any atom is 0.0931 e. The highest BCUT2D eigenvalue weighted by Gasteiger charge is 2.23. The Morgan fingerprint density at radius 1 is 1.31 bits per heavy atom. The molecule has 0 radical (unpaired) electrons. The van der Waals surface area contributed by atoms with Crippen LogP contribution in [0.3, 0.4) is 0 Å². The predicted octanol–water partition coefficient (Wildman–Crippen LogP) is 2.75. The first kappa shape index (κ1) is 9.85. The van der Waals surface area contributed by atoms with Crippen molar-refractivity contribution in [1.29, 1.82) is 0 Å². The summed E-state index contributed by atoms with van der Waals surface area (Å²) in [5.74, 6) is 0.667. The molecule has 1 unspecified atom stereocenters. The quantitative estimate of drug-likeness (QED) is 0.809. The van der Waals surface area contributed by atoms with Gasteiger partial charge in [-0.25, -0.2) is 4.98 Å². The van der Waals surface area contributed by atoms with Crippen LogP contribution in [0.4, 0.5) is 0 Å². The Kier molecular flexibility index (Phi) is 2.40. The van der Waals surface area contributed by atoms with Gasteiger partial charge in [-0.1, -0.05) is 18.9 Å². The Hall–Kier alpha value is -1.35. The summed E-state index contributed by atoms with van der Waals surface area (Å²) in [6.07, 6.45) is 6.97. The van der Waals surface area contributed by atoms with Gasteiger partial charge in [-0.15, -0.1) is 0 Å². The fraction of sp³-hybridized carbons (Fsp3) is 0.462. The van der Waals surface area contributed by atoms with Crippen LogP contribution in [-0.4, -0.2) is 9.97 Å². The van der Waals surface area contributed by atoms with Crippen LogP contribution < -0.4 is 5.73 Å². The van der Waals surface area contributed by atoms with Crippen molar-refractivity contribution in [1.82, 2.24) is 9.97 Å². The van der Waals surface area contributed by atoms with Crippen molar-refractivity contribution in [3.63, 3.8) is 0 Å². The largest absolute Gasteiger partial charge is 0.345 e. The van der Waals surface area contributed by atoms with E-state index in [0.29, 0.717) is 5.92 Å². The second-order valence-corrected chi connectivity index (χ2v) is 4.75. The fourth-order valence-electron chi connectivity index (χ4n) is 2.75. The minimum atomic E-state index is 0.190. The summed E-state index contributed by atoms with van der Waals surface area (Å²) in [4.78, 5) is 7.36. The van der Waals surface area contributed by atoms with Gasteiger partial charge in [0.1, 0.15) is 0 Å². The van der Waals surface area contributed by atoms with Crippen LogP contribution in [0.5, 0.6) is 0 Å². The first-order valence-electron chi connectivity index (χ1n) is 6.03. The van der Waals surface area contributed by atoms with Crippen molar-refractivity contribution in [2.24, 2.45) is 11.7 Å². The van der Waals surface area contributed by atoms with Crippen molar-refractivity contribution < 1.29 is 0 Å². The number of fused-ring (bicyclic) bond motifs is 1. The Labute approximate surface area is 95.1 Å². The van der Waals surface area contributed by atoms with Crippen molar-refractivity contribution in [2.45, 2.75) is 31.7 Å².